The molecule has 0 bridgehead atoms. The van der Waals surface area contributed by atoms with E-state index in [1.165, 1.54) is 6.42 Å². The fraction of sp³-hybridized carbons (Fsp3) is 0.389. The van der Waals surface area contributed by atoms with Gasteiger partial charge in [0.05, 0.1) is 5.56 Å². The van der Waals surface area contributed by atoms with Gasteiger partial charge in [0.2, 0.25) is 0 Å². The first-order chi connectivity index (χ1) is 10.2. The van der Waals surface area contributed by atoms with Crippen LogP contribution < -0.4 is 0 Å². The third kappa shape index (κ3) is 2.60. The van der Waals surface area contributed by atoms with E-state index in [1.807, 2.05) is 35.2 Å². The number of carbonyl (C=O) groups excluding carboxylic acids is 1. The van der Waals surface area contributed by atoms with Gasteiger partial charge in [-0.1, -0.05) is 43.7 Å². The van der Waals surface area contributed by atoms with Crippen molar-refractivity contribution < 1.29 is 9.90 Å². The number of piperidine rings is 1. The molecular weight excluding hydrogens is 262 g/mol. The van der Waals surface area contributed by atoms with Crippen molar-refractivity contribution in [3.8, 4) is 5.75 Å². The van der Waals surface area contributed by atoms with Gasteiger partial charge in [0, 0.05) is 18.5 Å². The quantitative estimate of drug-likeness (QED) is 0.910. The largest absolute Gasteiger partial charge is 0.506 e. The normalized spacial score (nSPS) is 16.3. The van der Waals surface area contributed by atoms with E-state index in [0.29, 0.717) is 5.56 Å². The van der Waals surface area contributed by atoms with Gasteiger partial charge in [0.15, 0.2) is 0 Å². The standard InChI is InChI=1S/C18H21NO2/c1-2-13-9-11-19(12-10-13)18(21)16-8-7-14-5-3-4-6-15(14)17(16)20/h3-8,13,20H,2,9-12H2,1H3. The number of likely N-dealkylation sites (tertiary alicyclic amines) is 1. The Morgan fingerprint density at radius 1 is 1.19 bits per heavy atom. The number of phenolic OH excluding ortho intramolecular Hbond substituents is 1. The molecule has 3 rings (SSSR count). The second-order valence-electron chi connectivity index (χ2n) is 5.83. The first-order valence-electron chi connectivity index (χ1n) is 7.70. The molecule has 1 aliphatic heterocycles. The molecule has 3 heteroatoms. The van der Waals surface area contributed by atoms with E-state index in [-0.39, 0.29) is 11.7 Å². The molecule has 0 radical (unpaired) electrons. The van der Waals surface area contributed by atoms with Crippen molar-refractivity contribution in [3.05, 3.63) is 42.0 Å². The van der Waals surface area contributed by atoms with Crippen molar-refractivity contribution in [3.63, 3.8) is 0 Å². The Hall–Kier alpha value is -2.03. The number of fused-ring (bicyclic) bond motifs is 1. The van der Waals surface area contributed by atoms with E-state index in [1.54, 1.807) is 6.07 Å². The van der Waals surface area contributed by atoms with Gasteiger partial charge in [-0.25, -0.2) is 0 Å². The molecule has 0 atom stereocenters. The molecule has 1 N–H and O–H groups in total. The molecule has 1 fully saturated rings. The molecule has 2 aromatic carbocycles. The number of nitrogens with zero attached hydrogens (tertiary/aromatic N) is 1. The van der Waals surface area contributed by atoms with Crippen molar-refractivity contribution >= 4 is 16.7 Å². The number of amides is 1. The fourth-order valence-corrected chi connectivity index (χ4v) is 3.14. The zero-order valence-electron chi connectivity index (χ0n) is 12.4. The van der Waals surface area contributed by atoms with E-state index >= 15 is 0 Å². The third-order valence-electron chi connectivity index (χ3n) is 4.61. The summed E-state index contributed by atoms with van der Waals surface area (Å²) >= 11 is 0. The molecule has 0 aliphatic carbocycles. The topological polar surface area (TPSA) is 40.5 Å². The van der Waals surface area contributed by atoms with Crippen LogP contribution in [0.25, 0.3) is 10.8 Å². The highest BCUT2D eigenvalue weighted by Gasteiger charge is 2.24. The van der Waals surface area contributed by atoms with Crippen LogP contribution in [0.15, 0.2) is 36.4 Å². The number of phenols is 1. The molecule has 2 aromatic rings. The van der Waals surface area contributed by atoms with E-state index in [2.05, 4.69) is 6.92 Å². The molecule has 3 nitrogen and oxygen atoms in total. The SMILES string of the molecule is CCC1CCN(C(=O)c2ccc3ccccc3c2O)CC1. The van der Waals surface area contributed by atoms with Crippen LogP contribution in [-0.4, -0.2) is 29.0 Å². The summed E-state index contributed by atoms with van der Waals surface area (Å²) in [6.07, 6.45) is 3.32. The van der Waals surface area contributed by atoms with Crippen LogP contribution in [0.2, 0.25) is 0 Å². The molecular formula is C18H21NO2. The summed E-state index contributed by atoms with van der Waals surface area (Å²) in [4.78, 5) is 14.5. The highest BCUT2D eigenvalue weighted by Crippen LogP contribution is 2.30. The predicted molar refractivity (Wildman–Crippen MR) is 84.5 cm³/mol. The van der Waals surface area contributed by atoms with Crippen molar-refractivity contribution in [2.24, 2.45) is 5.92 Å². The monoisotopic (exact) mass is 283 g/mol. The zero-order chi connectivity index (χ0) is 14.8. The molecule has 0 spiro atoms. The molecule has 0 aromatic heterocycles. The molecule has 1 saturated heterocycles. The maximum Gasteiger partial charge on any atom is 0.257 e. The number of carbonyl (C=O) groups is 1. The summed E-state index contributed by atoms with van der Waals surface area (Å²) in [6.45, 7) is 3.80. The Morgan fingerprint density at radius 2 is 1.90 bits per heavy atom. The van der Waals surface area contributed by atoms with Crippen molar-refractivity contribution in [2.75, 3.05) is 13.1 Å². The van der Waals surface area contributed by atoms with E-state index in [9.17, 15) is 9.90 Å². The van der Waals surface area contributed by atoms with Gasteiger partial charge in [0.25, 0.3) is 5.91 Å². The second kappa shape index (κ2) is 5.76. The van der Waals surface area contributed by atoms with Crippen LogP contribution in [-0.2, 0) is 0 Å². The van der Waals surface area contributed by atoms with Gasteiger partial charge in [-0.15, -0.1) is 0 Å². The van der Waals surface area contributed by atoms with Crippen molar-refractivity contribution in [1.29, 1.82) is 0 Å². The second-order valence-corrected chi connectivity index (χ2v) is 5.83. The summed E-state index contributed by atoms with van der Waals surface area (Å²) < 4.78 is 0. The van der Waals surface area contributed by atoms with Crippen LogP contribution >= 0.6 is 0 Å². The highest BCUT2D eigenvalue weighted by molar-refractivity contribution is 6.03. The van der Waals surface area contributed by atoms with E-state index in [4.69, 9.17) is 0 Å². The Balaban J connectivity index is 1.87. The number of rotatable bonds is 2. The van der Waals surface area contributed by atoms with E-state index < -0.39 is 0 Å². The first-order valence-corrected chi connectivity index (χ1v) is 7.70. The average molecular weight is 283 g/mol. The summed E-state index contributed by atoms with van der Waals surface area (Å²) in [5.74, 6) is 0.794. The molecule has 1 aliphatic rings. The average Bonchev–Trinajstić information content (AvgIpc) is 2.55. The molecule has 0 saturated carbocycles. The minimum atomic E-state index is -0.0483. The molecule has 110 valence electrons. The smallest absolute Gasteiger partial charge is 0.257 e. The lowest BCUT2D eigenvalue weighted by Crippen LogP contribution is -2.38. The van der Waals surface area contributed by atoms with Gasteiger partial charge in [-0.05, 0) is 30.2 Å². The highest BCUT2D eigenvalue weighted by atomic mass is 16.3. The Bertz CT molecular complexity index is 657. The van der Waals surface area contributed by atoms with E-state index in [0.717, 1.165) is 42.6 Å². The van der Waals surface area contributed by atoms with Crippen LogP contribution in [0.1, 0.15) is 36.5 Å². The molecule has 1 heterocycles. The third-order valence-corrected chi connectivity index (χ3v) is 4.61. The number of benzene rings is 2. The lowest BCUT2D eigenvalue weighted by atomic mass is 9.94. The van der Waals surface area contributed by atoms with Gasteiger partial charge in [-0.2, -0.15) is 0 Å². The minimum Gasteiger partial charge on any atom is -0.506 e. The van der Waals surface area contributed by atoms with Crippen LogP contribution in [0.4, 0.5) is 0 Å². The summed E-state index contributed by atoms with van der Waals surface area (Å²) in [5, 5.41) is 12.1. The lowest BCUT2D eigenvalue weighted by Gasteiger charge is -2.31. The predicted octanol–water partition coefficient (Wildman–Crippen LogP) is 3.81. The lowest BCUT2D eigenvalue weighted by molar-refractivity contribution is 0.0686. The maximum absolute atomic E-state index is 12.6. The van der Waals surface area contributed by atoms with Crippen LogP contribution in [0.5, 0.6) is 5.75 Å². The number of hydrogen-bond acceptors (Lipinski definition) is 2. The van der Waals surface area contributed by atoms with Crippen molar-refractivity contribution in [2.45, 2.75) is 26.2 Å². The minimum absolute atomic E-state index is 0.0483. The van der Waals surface area contributed by atoms with Gasteiger partial charge < -0.3 is 10.0 Å². The zero-order valence-corrected chi connectivity index (χ0v) is 12.4. The Kier molecular flexibility index (Phi) is 3.82. The molecule has 1 amide bonds. The Labute approximate surface area is 125 Å². The van der Waals surface area contributed by atoms with Crippen molar-refractivity contribution in [1.82, 2.24) is 4.90 Å². The molecule has 21 heavy (non-hydrogen) atoms. The van der Waals surface area contributed by atoms with Gasteiger partial charge in [-0.3, -0.25) is 4.79 Å². The van der Waals surface area contributed by atoms with Gasteiger partial charge in [0.1, 0.15) is 5.75 Å². The number of aromatic hydroxyl groups is 1. The summed E-state index contributed by atoms with van der Waals surface area (Å²) in [7, 11) is 0. The molecule has 0 unspecified atom stereocenters. The van der Waals surface area contributed by atoms with Crippen LogP contribution in [0.3, 0.4) is 0 Å². The first kappa shape index (κ1) is 13.9. The van der Waals surface area contributed by atoms with Gasteiger partial charge >= 0.3 is 0 Å². The summed E-state index contributed by atoms with van der Waals surface area (Å²) in [6, 6.07) is 11.2. The maximum atomic E-state index is 12.6. The summed E-state index contributed by atoms with van der Waals surface area (Å²) in [5.41, 5.74) is 0.420. The van der Waals surface area contributed by atoms with Crippen LogP contribution in [0, 0.1) is 5.92 Å². The fourth-order valence-electron chi connectivity index (χ4n) is 3.14. The number of hydrogen-bond donors (Lipinski definition) is 1. The Morgan fingerprint density at radius 3 is 2.62 bits per heavy atom.